The molecule has 0 bridgehead atoms. The van der Waals surface area contributed by atoms with Crippen molar-refractivity contribution in [1.29, 1.82) is 0 Å². The van der Waals surface area contributed by atoms with E-state index in [4.69, 9.17) is 0 Å². The van der Waals surface area contributed by atoms with Gasteiger partial charge in [-0.15, -0.1) is 0 Å². The molecule has 1 amide bonds. The second-order valence-corrected chi connectivity index (χ2v) is 7.23. The molecule has 128 valence electrons. The predicted octanol–water partition coefficient (Wildman–Crippen LogP) is 2.69. The van der Waals surface area contributed by atoms with Crippen LogP contribution in [0.2, 0.25) is 0 Å². The summed E-state index contributed by atoms with van der Waals surface area (Å²) in [6.45, 7) is 7.22. The monoisotopic (exact) mass is 390 g/mol. The molecule has 0 atom stereocenters. The van der Waals surface area contributed by atoms with Crippen molar-refractivity contribution in [3.05, 3.63) is 52.3 Å². The third kappa shape index (κ3) is 4.68. The van der Waals surface area contributed by atoms with Crippen LogP contribution in [0.3, 0.4) is 0 Å². The Morgan fingerprint density at radius 1 is 1.25 bits per heavy atom. The summed E-state index contributed by atoms with van der Waals surface area (Å²) in [7, 11) is 0. The standard InChI is InChI=1S/C18H23BrN4O/c1-15-3-2-4-16(11-15)13-21-7-9-22(10-8-21)18(24)5-6-23-14-17(19)12-20-23/h2-4,11-12,14H,5-10,13H2,1H3. The molecule has 1 aliphatic heterocycles. The minimum atomic E-state index is 0.219. The second kappa shape index (κ2) is 7.94. The van der Waals surface area contributed by atoms with Crippen molar-refractivity contribution in [3.63, 3.8) is 0 Å². The largest absolute Gasteiger partial charge is 0.340 e. The van der Waals surface area contributed by atoms with Gasteiger partial charge in [0.05, 0.1) is 10.7 Å². The van der Waals surface area contributed by atoms with Gasteiger partial charge < -0.3 is 4.90 Å². The lowest BCUT2D eigenvalue weighted by Crippen LogP contribution is -2.48. The van der Waals surface area contributed by atoms with Crippen molar-refractivity contribution < 1.29 is 4.79 Å². The van der Waals surface area contributed by atoms with Gasteiger partial charge in [0.15, 0.2) is 0 Å². The fraction of sp³-hybridized carbons (Fsp3) is 0.444. The van der Waals surface area contributed by atoms with Gasteiger partial charge in [0.2, 0.25) is 5.91 Å². The van der Waals surface area contributed by atoms with E-state index in [1.165, 1.54) is 11.1 Å². The van der Waals surface area contributed by atoms with Gasteiger partial charge in [0.25, 0.3) is 0 Å². The highest BCUT2D eigenvalue weighted by Gasteiger charge is 2.20. The lowest BCUT2D eigenvalue weighted by Gasteiger charge is -2.34. The number of piperazine rings is 1. The van der Waals surface area contributed by atoms with Crippen LogP contribution in [-0.2, 0) is 17.9 Å². The van der Waals surface area contributed by atoms with Crippen molar-refractivity contribution >= 4 is 21.8 Å². The smallest absolute Gasteiger partial charge is 0.224 e. The predicted molar refractivity (Wildman–Crippen MR) is 97.6 cm³/mol. The Labute approximate surface area is 151 Å². The van der Waals surface area contributed by atoms with Crippen LogP contribution in [0.4, 0.5) is 0 Å². The molecule has 1 aromatic carbocycles. The van der Waals surface area contributed by atoms with Crippen molar-refractivity contribution in [2.75, 3.05) is 26.2 Å². The Hall–Kier alpha value is -1.66. The maximum atomic E-state index is 12.3. The van der Waals surface area contributed by atoms with Crippen LogP contribution in [0.15, 0.2) is 41.1 Å². The number of aromatic nitrogens is 2. The van der Waals surface area contributed by atoms with Gasteiger partial charge in [-0.2, -0.15) is 5.10 Å². The molecule has 5 nitrogen and oxygen atoms in total. The van der Waals surface area contributed by atoms with Gasteiger partial charge in [-0.05, 0) is 28.4 Å². The first kappa shape index (κ1) is 17.2. The van der Waals surface area contributed by atoms with E-state index in [0.717, 1.165) is 37.2 Å². The minimum Gasteiger partial charge on any atom is -0.340 e. The number of aryl methyl sites for hydroxylation is 2. The summed E-state index contributed by atoms with van der Waals surface area (Å²) in [4.78, 5) is 16.7. The fourth-order valence-corrected chi connectivity index (χ4v) is 3.38. The lowest BCUT2D eigenvalue weighted by atomic mass is 10.1. The molecular formula is C18H23BrN4O. The molecule has 6 heteroatoms. The molecule has 1 aromatic heterocycles. The van der Waals surface area contributed by atoms with Crippen LogP contribution < -0.4 is 0 Å². The number of halogens is 1. The Morgan fingerprint density at radius 3 is 2.71 bits per heavy atom. The van der Waals surface area contributed by atoms with Crippen LogP contribution in [0.1, 0.15) is 17.5 Å². The van der Waals surface area contributed by atoms with Crippen LogP contribution in [0.25, 0.3) is 0 Å². The number of carbonyl (C=O) groups excluding carboxylic acids is 1. The number of amides is 1. The van der Waals surface area contributed by atoms with Gasteiger partial charge in [-0.1, -0.05) is 29.8 Å². The maximum absolute atomic E-state index is 12.3. The summed E-state index contributed by atoms with van der Waals surface area (Å²) in [6.07, 6.45) is 4.15. The number of hydrogen-bond acceptors (Lipinski definition) is 3. The summed E-state index contributed by atoms with van der Waals surface area (Å²) in [5, 5.41) is 4.19. The summed E-state index contributed by atoms with van der Waals surface area (Å²) in [5.41, 5.74) is 2.64. The van der Waals surface area contributed by atoms with E-state index in [-0.39, 0.29) is 5.91 Å². The molecule has 0 aliphatic carbocycles. The molecule has 24 heavy (non-hydrogen) atoms. The van der Waals surface area contributed by atoms with Gasteiger partial charge >= 0.3 is 0 Å². The molecule has 1 saturated heterocycles. The van der Waals surface area contributed by atoms with E-state index >= 15 is 0 Å². The molecule has 1 fully saturated rings. The first-order valence-corrected chi connectivity index (χ1v) is 9.13. The van der Waals surface area contributed by atoms with Crippen molar-refractivity contribution in [1.82, 2.24) is 19.6 Å². The van der Waals surface area contributed by atoms with E-state index in [1.807, 2.05) is 11.1 Å². The van der Waals surface area contributed by atoms with E-state index in [9.17, 15) is 4.79 Å². The highest BCUT2D eigenvalue weighted by Crippen LogP contribution is 2.12. The summed E-state index contributed by atoms with van der Waals surface area (Å²) >= 11 is 3.37. The third-order valence-corrected chi connectivity index (χ3v) is 4.78. The summed E-state index contributed by atoms with van der Waals surface area (Å²) < 4.78 is 2.75. The number of nitrogens with zero attached hydrogens (tertiary/aromatic N) is 4. The number of hydrogen-bond donors (Lipinski definition) is 0. The Morgan fingerprint density at radius 2 is 2.04 bits per heavy atom. The molecule has 0 spiro atoms. The quantitative estimate of drug-likeness (QED) is 0.787. The Bertz CT molecular complexity index is 692. The zero-order valence-corrected chi connectivity index (χ0v) is 15.6. The van der Waals surface area contributed by atoms with Crippen molar-refractivity contribution in [2.24, 2.45) is 0 Å². The van der Waals surface area contributed by atoms with E-state index < -0.39 is 0 Å². The Balaban J connectivity index is 1.43. The van der Waals surface area contributed by atoms with Gasteiger partial charge in [0, 0.05) is 51.9 Å². The highest BCUT2D eigenvalue weighted by atomic mass is 79.9. The molecule has 3 rings (SSSR count). The number of rotatable bonds is 5. The number of carbonyl (C=O) groups is 1. The normalized spacial score (nSPS) is 15.7. The topological polar surface area (TPSA) is 41.4 Å². The SMILES string of the molecule is Cc1cccc(CN2CCN(C(=O)CCn3cc(Br)cn3)CC2)c1. The average molecular weight is 391 g/mol. The number of benzene rings is 1. The first-order valence-electron chi connectivity index (χ1n) is 8.34. The van der Waals surface area contributed by atoms with Gasteiger partial charge in [-0.3, -0.25) is 14.4 Å². The van der Waals surface area contributed by atoms with E-state index in [1.54, 1.807) is 10.9 Å². The first-order chi connectivity index (χ1) is 11.6. The average Bonchev–Trinajstić information content (AvgIpc) is 2.99. The third-order valence-electron chi connectivity index (χ3n) is 4.37. The van der Waals surface area contributed by atoms with Gasteiger partial charge in [0.1, 0.15) is 0 Å². The molecule has 2 aromatic rings. The highest BCUT2D eigenvalue weighted by molar-refractivity contribution is 9.10. The zero-order valence-electron chi connectivity index (χ0n) is 14.0. The fourth-order valence-electron chi connectivity index (χ4n) is 3.05. The molecule has 0 radical (unpaired) electrons. The van der Waals surface area contributed by atoms with E-state index in [0.29, 0.717) is 13.0 Å². The minimum absolute atomic E-state index is 0.219. The van der Waals surface area contributed by atoms with Crippen molar-refractivity contribution in [2.45, 2.75) is 26.4 Å². The molecule has 0 N–H and O–H groups in total. The van der Waals surface area contributed by atoms with Crippen LogP contribution >= 0.6 is 15.9 Å². The van der Waals surface area contributed by atoms with Crippen molar-refractivity contribution in [3.8, 4) is 0 Å². The Kier molecular flexibility index (Phi) is 5.68. The molecule has 2 heterocycles. The van der Waals surface area contributed by atoms with E-state index in [2.05, 4.69) is 57.1 Å². The molecule has 0 saturated carbocycles. The van der Waals surface area contributed by atoms with Crippen LogP contribution in [0, 0.1) is 6.92 Å². The molecule has 1 aliphatic rings. The summed E-state index contributed by atoms with van der Waals surface area (Å²) in [5.74, 6) is 0.219. The molecular weight excluding hydrogens is 368 g/mol. The van der Waals surface area contributed by atoms with Gasteiger partial charge in [-0.25, -0.2) is 0 Å². The van der Waals surface area contributed by atoms with Crippen LogP contribution in [-0.4, -0.2) is 51.7 Å². The second-order valence-electron chi connectivity index (χ2n) is 6.32. The summed E-state index contributed by atoms with van der Waals surface area (Å²) in [6, 6.07) is 8.64. The lowest BCUT2D eigenvalue weighted by molar-refractivity contribution is -0.133. The molecule has 0 unspecified atom stereocenters. The van der Waals surface area contributed by atoms with Crippen LogP contribution in [0.5, 0.6) is 0 Å². The zero-order chi connectivity index (χ0) is 16.9. The maximum Gasteiger partial charge on any atom is 0.224 e.